The third-order valence-corrected chi connectivity index (χ3v) is 5.37. The van der Waals surface area contributed by atoms with Gasteiger partial charge in [0.25, 0.3) is 0 Å². The lowest BCUT2D eigenvalue weighted by Crippen LogP contribution is -2.30. The Morgan fingerprint density at radius 3 is 2.10 bits per heavy atom. The molecule has 2 unspecified atom stereocenters. The third-order valence-electron chi connectivity index (χ3n) is 2.94. The van der Waals surface area contributed by atoms with Crippen molar-refractivity contribution in [1.29, 1.82) is 0 Å². The summed E-state index contributed by atoms with van der Waals surface area (Å²) in [6.45, 7) is 7.56. The van der Waals surface area contributed by atoms with E-state index in [0.29, 0.717) is 6.42 Å². The average Bonchev–Trinajstić information content (AvgIpc) is 2.43. The van der Waals surface area contributed by atoms with Crippen LogP contribution in [0.1, 0.15) is 53.4 Å². The summed E-state index contributed by atoms with van der Waals surface area (Å²) in [4.78, 5) is 12.1. The van der Waals surface area contributed by atoms with Gasteiger partial charge >= 0.3 is 13.6 Å². The van der Waals surface area contributed by atoms with Crippen LogP contribution in [-0.2, 0) is 23.1 Å². The Labute approximate surface area is 127 Å². The zero-order valence-corrected chi connectivity index (χ0v) is 14.4. The lowest BCUT2D eigenvalue weighted by Gasteiger charge is -2.26. The normalized spacial score (nSPS) is 14.7. The Bertz CT molecular complexity index is 323. The van der Waals surface area contributed by atoms with Crippen LogP contribution in [0.5, 0.6) is 0 Å². The molecule has 0 saturated carbocycles. The first-order valence-corrected chi connectivity index (χ1v) is 9.29. The summed E-state index contributed by atoms with van der Waals surface area (Å²) in [6.07, 6.45) is 1.62. The molecule has 1 N–H and O–H groups in total. The maximum atomic E-state index is 12.8. The van der Waals surface area contributed by atoms with Crippen molar-refractivity contribution < 1.29 is 28.3 Å². The molecule has 0 aliphatic heterocycles. The topological polar surface area (TPSA) is 82.1 Å². The average molecular weight is 324 g/mol. The van der Waals surface area contributed by atoms with Crippen LogP contribution in [-0.4, -0.2) is 42.7 Å². The van der Waals surface area contributed by atoms with Crippen LogP contribution in [0.2, 0.25) is 0 Å². The maximum absolute atomic E-state index is 12.8. The number of rotatable bonds is 12. The quantitative estimate of drug-likeness (QED) is 0.439. The van der Waals surface area contributed by atoms with E-state index in [-0.39, 0.29) is 26.2 Å². The Kier molecular flexibility index (Phi) is 11.0. The zero-order chi connectivity index (χ0) is 16.3. The van der Waals surface area contributed by atoms with Crippen LogP contribution in [0.15, 0.2) is 0 Å². The largest absolute Gasteiger partial charge is 0.465 e. The molecule has 126 valence electrons. The summed E-state index contributed by atoms with van der Waals surface area (Å²) in [7, 11) is -3.64. The van der Waals surface area contributed by atoms with Gasteiger partial charge in [0.05, 0.1) is 25.9 Å². The molecule has 0 rings (SSSR count). The fraction of sp³-hybridized carbons (Fsp3) is 0.929. The van der Waals surface area contributed by atoms with Crippen molar-refractivity contribution in [3.8, 4) is 0 Å². The van der Waals surface area contributed by atoms with E-state index in [9.17, 15) is 14.5 Å². The van der Waals surface area contributed by atoms with Gasteiger partial charge in [-0.1, -0.05) is 19.8 Å². The molecule has 6 nitrogen and oxygen atoms in total. The fourth-order valence-corrected chi connectivity index (χ4v) is 3.97. The van der Waals surface area contributed by atoms with Gasteiger partial charge in [0.1, 0.15) is 0 Å². The molecule has 0 aromatic carbocycles. The molecule has 0 amide bonds. The summed E-state index contributed by atoms with van der Waals surface area (Å²) in [5.74, 6) is -0.640. The van der Waals surface area contributed by atoms with Crippen LogP contribution in [0, 0.1) is 0 Å². The van der Waals surface area contributed by atoms with Crippen molar-refractivity contribution in [1.82, 2.24) is 0 Å². The van der Waals surface area contributed by atoms with E-state index in [1.807, 2.05) is 6.92 Å². The van der Waals surface area contributed by atoms with Gasteiger partial charge in [-0.25, -0.2) is 0 Å². The minimum absolute atomic E-state index is 0.0239. The number of carbonyl (C=O) groups is 1. The lowest BCUT2D eigenvalue weighted by atomic mass is 10.1. The summed E-state index contributed by atoms with van der Waals surface area (Å²) in [6, 6.07) is 0. The van der Waals surface area contributed by atoms with E-state index in [1.54, 1.807) is 20.8 Å². The smallest absolute Gasteiger partial charge is 0.344 e. The maximum Gasteiger partial charge on any atom is 0.344 e. The van der Waals surface area contributed by atoms with Gasteiger partial charge in [0.2, 0.25) is 0 Å². The van der Waals surface area contributed by atoms with Gasteiger partial charge < -0.3 is 18.9 Å². The lowest BCUT2D eigenvalue weighted by molar-refractivity contribution is -0.143. The predicted octanol–water partition coefficient (Wildman–Crippen LogP) is 3.13. The second-order valence-electron chi connectivity index (χ2n) is 4.67. The molecule has 0 radical (unpaired) electrons. The third kappa shape index (κ3) is 7.41. The van der Waals surface area contributed by atoms with Gasteiger partial charge in [-0.05, 0) is 33.6 Å². The molecule has 2 atom stereocenters. The Morgan fingerprint density at radius 1 is 1.10 bits per heavy atom. The first kappa shape index (κ1) is 20.6. The fourth-order valence-electron chi connectivity index (χ4n) is 1.99. The molecule has 0 fully saturated rings. The van der Waals surface area contributed by atoms with E-state index in [0.717, 1.165) is 12.8 Å². The molecule has 0 saturated heterocycles. The van der Waals surface area contributed by atoms with Crippen molar-refractivity contribution in [2.24, 2.45) is 0 Å². The second-order valence-corrected chi connectivity index (χ2v) is 6.89. The van der Waals surface area contributed by atoms with E-state index >= 15 is 0 Å². The summed E-state index contributed by atoms with van der Waals surface area (Å²) < 4.78 is 28.2. The number of aliphatic hydroxyl groups is 1. The molecular formula is C14H29O6P. The van der Waals surface area contributed by atoms with Crippen LogP contribution < -0.4 is 0 Å². The number of hydrogen-bond donors (Lipinski definition) is 1. The Morgan fingerprint density at radius 2 is 1.67 bits per heavy atom. The van der Waals surface area contributed by atoms with Gasteiger partial charge in [0, 0.05) is 0 Å². The highest BCUT2D eigenvalue weighted by Gasteiger charge is 2.43. The number of esters is 1. The molecule has 0 heterocycles. The molecule has 0 aliphatic rings. The second kappa shape index (κ2) is 11.2. The van der Waals surface area contributed by atoms with Gasteiger partial charge in [0.15, 0.2) is 5.66 Å². The van der Waals surface area contributed by atoms with Crippen molar-refractivity contribution in [3.05, 3.63) is 0 Å². The highest BCUT2D eigenvalue weighted by molar-refractivity contribution is 7.55. The molecule has 21 heavy (non-hydrogen) atoms. The minimum Gasteiger partial charge on any atom is -0.465 e. The van der Waals surface area contributed by atoms with Crippen LogP contribution in [0.4, 0.5) is 0 Å². The van der Waals surface area contributed by atoms with Crippen molar-refractivity contribution in [3.63, 3.8) is 0 Å². The van der Waals surface area contributed by atoms with E-state index in [1.165, 1.54) is 0 Å². The summed E-state index contributed by atoms with van der Waals surface area (Å²) >= 11 is 0. The Hall–Kier alpha value is -0.420. The van der Waals surface area contributed by atoms with Crippen molar-refractivity contribution in [2.45, 2.75) is 65.1 Å². The zero-order valence-electron chi connectivity index (χ0n) is 13.5. The summed E-state index contributed by atoms with van der Waals surface area (Å²) in [5, 5.41) is 10.0. The van der Waals surface area contributed by atoms with Crippen LogP contribution in [0.25, 0.3) is 0 Å². The van der Waals surface area contributed by atoms with Crippen LogP contribution >= 0.6 is 7.60 Å². The van der Waals surface area contributed by atoms with Crippen molar-refractivity contribution in [2.75, 3.05) is 19.8 Å². The van der Waals surface area contributed by atoms with Gasteiger partial charge in [-0.15, -0.1) is 0 Å². The molecular weight excluding hydrogens is 295 g/mol. The van der Waals surface area contributed by atoms with E-state index < -0.39 is 25.3 Å². The molecule has 0 aromatic rings. The predicted molar refractivity (Wildman–Crippen MR) is 81.4 cm³/mol. The van der Waals surface area contributed by atoms with Crippen molar-refractivity contribution >= 4 is 13.6 Å². The van der Waals surface area contributed by atoms with Crippen LogP contribution in [0.3, 0.4) is 0 Å². The molecule has 0 aromatic heterocycles. The monoisotopic (exact) mass is 324 g/mol. The number of aliphatic hydroxyl groups excluding tert-OH is 1. The molecule has 0 spiro atoms. The van der Waals surface area contributed by atoms with Gasteiger partial charge in [-0.3, -0.25) is 9.36 Å². The van der Waals surface area contributed by atoms with E-state index in [2.05, 4.69) is 0 Å². The number of ether oxygens (including phenoxy) is 1. The summed E-state index contributed by atoms with van der Waals surface area (Å²) in [5.41, 5.74) is -1.08. The highest BCUT2D eigenvalue weighted by Crippen LogP contribution is 2.55. The number of hydrogen-bond acceptors (Lipinski definition) is 6. The molecule has 7 heteroatoms. The first-order valence-electron chi connectivity index (χ1n) is 7.68. The number of unbranched alkanes of at least 4 members (excludes halogenated alkanes) is 1. The van der Waals surface area contributed by atoms with E-state index in [4.69, 9.17) is 13.8 Å². The van der Waals surface area contributed by atoms with Gasteiger partial charge in [-0.2, -0.15) is 0 Å². The minimum atomic E-state index is -3.64. The first-order chi connectivity index (χ1) is 9.95. The SMILES string of the molecule is CCCCC(O)CC(C(=O)OCC)P(=O)(OCC)OCC. The Balaban J connectivity index is 5.08. The molecule has 0 bridgehead atoms. The highest BCUT2D eigenvalue weighted by atomic mass is 31.2. The standard InChI is InChI=1S/C14H29O6P/c1-5-9-10-12(15)11-13(14(16)18-6-2)21(17,19-7-3)20-8-4/h12-13,15H,5-11H2,1-4H3. The molecule has 0 aliphatic carbocycles. The number of carbonyl (C=O) groups excluding carboxylic acids is 1.